The highest BCUT2D eigenvalue weighted by molar-refractivity contribution is 5.97. The number of aromatic nitrogens is 1. The number of nitro groups is 1. The monoisotopic (exact) mass is 493 g/mol. The number of nitrogens with one attached hydrogen (secondary N) is 1. The summed E-state index contributed by atoms with van der Waals surface area (Å²) in [5.74, 6) is -1.06. The summed E-state index contributed by atoms with van der Waals surface area (Å²) in [6, 6.07) is 20.0. The van der Waals surface area contributed by atoms with E-state index in [4.69, 9.17) is 4.74 Å². The third kappa shape index (κ3) is 6.08. The minimum absolute atomic E-state index is 0.0438. The minimum Gasteiger partial charge on any atom is -0.458 e. The van der Waals surface area contributed by atoms with Gasteiger partial charge in [-0.15, -0.1) is 0 Å². The molecule has 1 aromatic heterocycles. The quantitative estimate of drug-likeness (QED) is 0.174. The first-order valence-electron chi connectivity index (χ1n) is 11.8. The van der Waals surface area contributed by atoms with Crippen LogP contribution in [0.15, 0.2) is 114 Å². The SMILES string of the molecule is CC1=C(C(=O)OC/C=C/C=C/c2ccccc2)C(c2cccc([N+](=O)[O-])c2)C(c2cccnc2)=C(C)N1. The van der Waals surface area contributed by atoms with Crippen molar-refractivity contribution < 1.29 is 14.5 Å². The molecule has 0 radical (unpaired) electrons. The molecule has 0 aliphatic carbocycles. The van der Waals surface area contributed by atoms with E-state index in [9.17, 15) is 14.9 Å². The highest BCUT2D eigenvalue weighted by atomic mass is 16.6. The van der Waals surface area contributed by atoms with Gasteiger partial charge in [0.2, 0.25) is 0 Å². The molecule has 186 valence electrons. The molecule has 1 aliphatic heterocycles. The van der Waals surface area contributed by atoms with Crippen LogP contribution in [0.25, 0.3) is 11.6 Å². The van der Waals surface area contributed by atoms with Gasteiger partial charge < -0.3 is 10.1 Å². The summed E-state index contributed by atoms with van der Waals surface area (Å²) in [6.07, 6.45) is 10.8. The Labute approximate surface area is 215 Å². The Hall–Kier alpha value is -4.78. The maximum absolute atomic E-state index is 13.4. The molecule has 0 fully saturated rings. The number of carbonyl (C=O) groups is 1. The second kappa shape index (κ2) is 11.8. The molecule has 7 nitrogen and oxygen atoms in total. The van der Waals surface area contributed by atoms with Crippen molar-refractivity contribution in [2.75, 3.05) is 6.61 Å². The second-order valence-corrected chi connectivity index (χ2v) is 8.53. The molecule has 0 amide bonds. The molecule has 7 heteroatoms. The first kappa shape index (κ1) is 25.3. The van der Waals surface area contributed by atoms with Crippen molar-refractivity contribution >= 4 is 23.3 Å². The summed E-state index contributed by atoms with van der Waals surface area (Å²) in [5, 5.41) is 14.8. The third-order valence-electron chi connectivity index (χ3n) is 6.01. The van der Waals surface area contributed by atoms with Gasteiger partial charge in [-0.25, -0.2) is 4.79 Å². The molecule has 0 saturated heterocycles. The van der Waals surface area contributed by atoms with Crippen LogP contribution in [0.2, 0.25) is 0 Å². The molecule has 1 aliphatic rings. The predicted octanol–water partition coefficient (Wildman–Crippen LogP) is 6.19. The number of dihydropyridines is 1. The van der Waals surface area contributed by atoms with Crippen LogP contribution >= 0.6 is 0 Å². The van der Waals surface area contributed by atoms with Gasteiger partial charge in [-0.1, -0.05) is 66.8 Å². The van der Waals surface area contributed by atoms with Gasteiger partial charge in [-0.2, -0.15) is 0 Å². The van der Waals surface area contributed by atoms with Crippen LogP contribution in [0.5, 0.6) is 0 Å². The number of ether oxygens (including phenoxy) is 1. The van der Waals surface area contributed by atoms with E-state index >= 15 is 0 Å². The molecule has 4 rings (SSSR count). The summed E-state index contributed by atoms with van der Waals surface area (Å²) in [7, 11) is 0. The van der Waals surface area contributed by atoms with Gasteiger partial charge in [-0.3, -0.25) is 15.1 Å². The van der Waals surface area contributed by atoms with E-state index in [-0.39, 0.29) is 12.3 Å². The molecule has 0 spiro atoms. The van der Waals surface area contributed by atoms with Crippen LogP contribution in [0, 0.1) is 10.1 Å². The molecule has 2 heterocycles. The van der Waals surface area contributed by atoms with E-state index in [1.807, 2.05) is 74.5 Å². The van der Waals surface area contributed by atoms with Gasteiger partial charge in [0.15, 0.2) is 0 Å². The van der Waals surface area contributed by atoms with Gasteiger partial charge >= 0.3 is 5.97 Å². The van der Waals surface area contributed by atoms with Gasteiger partial charge in [-0.05, 0) is 48.3 Å². The molecule has 2 aromatic carbocycles. The summed E-state index contributed by atoms with van der Waals surface area (Å²) >= 11 is 0. The molecular formula is C30H27N3O4. The average molecular weight is 494 g/mol. The number of hydrogen-bond donors (Lipinski definition) is 1. The Bertz CT molecular complexity index is 1410. The van der Waals surface area contributed by atoms with Crippen molar-refractivity contribution in [3.05, 3.63) is 141 Å². The Morgan fingerprint density at radius 2 is 1.86 bits per heavy atom. The maximum atomic E-state index is 13.4. The number of esters is 1. The normalized spacial score (nSPS) is 15.8. The lowest BCUT2D eigenvalue weighted by Gasteiger charge is -2.31. The molecule has 1 atom stereocenters. The second-order valence-electron chi connectivity index (χ2n) is 8.53. The smallest absolute Gasteiger partial charge is 0.337 e. The minimum atomic E-state index is -0.570. The Balaban J connectivity index is 1.62. The van der Waals surface area contributed by atoms with Crippen LogP contribution in [0.1, 0.15) is 36.5 Å². The van der Waals surface area contributed by atoms with E-state index in [0.29, 0.717) is 16.8 Å². The van der Waals surface area contributed by atoms with Crippen molar-refractivity contribution in [3.8, 4) is 0 Å². The van der Waals surface area contributed by atoms with Crippen molar-refractivity contribution in [2.24, 2.45) is 0 Å². The van der Waals surface area contributed by atoms with Crippen molar-refractivity contribution in [3.63, 3.8) is 0 Å². The van der Waals surface area contributed by atoms with Crippen molar-refractivity contribution in [1.82, 2.24) is 10.3 Å². The summed E-state index contributed by atoms with van der Waals surface area (Å²) < 4.78 is 5.62. The number of benzene rings is 2. The van der Waals surface area contributed by atoms with Crippen LogP contribution in [0.3, 0.4) is 0 Å². The lowest BCUT2D eigenvalue weighted by molar-refractivity contribution is -0.384. The van der Waals surface area contributed by atoms with Gasteiger partial charge in [0.1, 0.15) is 6.61 Å². The standard InChI is InChI=1S/C30H27N3O4/c1-21-27(25-15-10-17-31-20-25)29(24-14-9-16-26(19-24)33(35)36)28(22(2)32-21)30(34)37-18-8-4-7-13-23-11-5-3-6-12-23/h3-17,19-20,29,32H,18H2,1-2H3/b8-4+,13-7+. The van der Waals surface area contributed by atoms with Gasteiger partial charge in [0, 0.05) is 41.8 Å². The molecule has 1 N–H and O–H groups in total. The van der Waals surface area contributed by atoms with Gasteiger partial charge in [0.05, 0.1) is 10.5 Å². The number of rotatable bonds is 8. The van der Waals surface area contributed by atoms with E-state index in [1.165, 1.54) is 12.1 Å². The number of carbonyl (C=O) groups excluding carboxylic acids is 1. The fourth-order valence-electron chi connectivity index (χ4n) is 4.39. The predicted molar refractivity (Wildman–Crippen MR) is 144 cm³/mol. The maximum Gasteiger partial charge on any atom is 0.337 e. The average Bonchev–Trinajstić information content (AvgIpc) is 2.91. The zero-order chi connectivity index (χ0) is 26.2. The van der Waals surface area contributed by atoms with E-state index < -0.39 is 16.8 Å². The van der Waals surface area contributed by atoms with Crippen molar-refractivity contribution in [2.45, 2.75) is 19.8 Å². The van der Waals surface area contributed by atoms with Crippen LogP contribution in [-0.4, -0.2) is 22.5 Å². The first-order valence-corrected chi connectivity index (χ1v) is 11.8. The lowest BCUT2D eigenvalue weighted by atomic mass is 9.78. The fourth-order valence-corrected chi connectivity index (χ4v) is 4.39. The first-order chi connectivity index (χ1) is 18.0. The Morgan fingerprint density at radius 1 is 1.05 bits per heavy atom. The zero-order valence-corrected chi connectivity index (χ0v) is 20.6. The summed E-state index contributed by atoms with van der Waals surface area (Å²) in [5.41, 5.74) is 5.16. The molecule has 1 unspecified atom stereocenters. The topological polar surface area (TPSA) is 94.4 Å². The van der Waals surface area contributed by atoms with Crippen molar-refractivity contribution in [1.29, 1.82) is 0 Å². The Kier molecular flexibility index (Phi) is 8.05. The summed E-state index contributed by atoms with van der Waals surface area (Å²) in [4.78, 5) is 28.7. The van der Waals surface area contributed by atoms with Crippen LogP contribution < -0.4 is 5.32 Å². The number of pyridine rings is 1. The van der Waals surface area contributed by atoms with E-state index in [2.05, 4.69) is 10.3 Å². The number of nitro benzene ring substituents is 1. The number of hydrogen-bond acceptors (Lipinski definition) is 6. The lowest BCUT2D eigenvalue weighted by Crippen LogP contribution is -2.28. The fraction of sp³-hybridized carbons (Fsp3) is 0.133. The van der Waals surface area contributed by atoms with Gasteiger partial charge in [0.25, 0.3) is 5.69 Å². The molecule has 3 aromatic rings. The van der Waals surface area contributed by atoms with E-state index in [0.717, 1.165) is 22.4 Å². The highest BCUT2D eigenvalue weighted by Crippen LogP contribution is 2.44. The third-order valence-corrected chi connectivity index (χ3v) is 6.01. The highest BCUT2D eigenvalue weighted by Gasteiger charge is 2.35. The number of allylic oxidation sites excluding steroid dienone is 5. The molecular weight excluding hydrogens is 466 g/mol. The molecule has 0 bridgehead atoms. The number of nitrogens with zero attached hydrogens (tertiary/aromatic N) is 2. The van der Waals surface area contributed by atoms with Crippen LogP contribution in [0.4, 0.5) is 5.69 Å². The summed E-state index contributed by atoms with van der Waals surface area (Å²) in [6.45, 7) is 3.81. The number of non-ortho nitro benzene ring substituents is 1. The largest absolute Gasteiger partial charge is 0.458 e. The Morgan fingerprint density at radius 3 is 2.59 bits per heavy atom. The zero-order valence-electron chi connectivity index (χ0n) is 20.6. The molecule has 37 heavy (non-hydrogen) atoms. The molecule has 0 saturated carbocycles. The van der Waals surface area contributed by atoms with Crippen LogP contribution in [-0.2, 0) is 9.53 Å². The van der Waals surface area contributed by atoms with E-state index in [1.54, 1.807) is 30.6 Å².